The molecule has 2 aliphatic carbocycles. The Morgan fingerprint density at radius 2 is 0.731 bits per heavy atom. The van der Waals surface area contributed by atoms with Gasteiger partial charge in [0.2, 0.25) is 0 Å². The van der Waals surface area contributed by atoms with Gasteiger partial charge in [0.25, 0.3) is 0 Å². The molecule has 0 heterocycles. The third kappa shape index (κ3) is 12.0. The van der Waals surface area contributed by atoms with Gasteiger partial charge in [-0.25, -0.2) is 0 Å². The molecule has 2 saturated carbocycles. The van der Waals surface area contributed by atoms with Crippen LogP contribution in [0.15, 0.2) is 0 Å². The van der Waals surface area contributed by atoms with Crippen molar-refractivity contribution in [3.8, 4) is 0 Å². The summed E-state index contributed by atoms with van der Waals surface area (Å²) in [5.41, 5.74) is -1.44. The Morgan fingerprint density at radius 3 is 1.02 bits per heavy atom. The van der Waals surface area contributed by atoms with Gasteiger partial charge in [-0.05, 0) is 115 Å². The van der Waals surface area contributed by atoms with Crippen molar-refractivity contribution in [2.45, 2.75) is 259 Å². The van der Waals surface area contributed by atoms with Crippen LogP contribution in [0.3, 0.4) is 0 Å². The normalized spacial score (nSPS) is 25.4. The van der Waals surface area contributed by atoms with Gasteiger partial charge in [0.15, 0.2) is 0 Å². The number of rotatable bonds is 26. The van der Waals surface area contributed by atoms with Crippen molar-refractivity contribution in [2.75, 3.05) is 0 Å². The van der Waals surface area contributed by atoms with Crippen molar-refractivity contribution in [2.24, 2.45) is 22.7 Å². The van der Waals surface area contributed by atoms with Gasteiger partial charge in [0.1, 0.15) is 11.2 Å². The minimum Gasteiger partial charge on any atom is -0.425 e. The maximum absolute atomic E-state index is 13.9. The first-order valence-electron chi connectivity index (χ1n) is 23.0. The van der Waals surface area contributed by atoms with Crippen LogP contribution < -0.4 is 0 Å². The lowest BCUT2D eigenvalue weighted by Crippen LogP contribution is -2.58. The van der Waals surface area contributed by atoms with Gasteiger partial charge in [0, 0.05) is 10.8 Å². The van der Waals surface area contributed by atoms with Gasteiger partial charge in [-0.3, -0.25) is 0 Å². The van der Waals surface area contributed by atoms with Crippen molar-refractivity contribution in [1.82, 2.24) is 0 Å². The molecule has 4 unspecified atom stereocenters. The quantitative estimate of drug-likeness (QED) is 0.0500. The van der Waals surface area contributed by atoms with E-state index in [1.54, 1.807) is 0 Å². The van der Waals surface area contributed by atoms with Gasteiger partial charge in [-0.15, -0.1) is 0 Å². The van der Waals surface area contributed by atoms with Crippen molar-refractivity contribution in [3.05, 3.63) is 0 Å². The van der Waals surface area contributed by atoms with Crippen molar-refractivity contribution >= 4 is 12.3 Å². The predicted molar refractivity (Wildman–Crippen MR) is 216 cm³/mol. The lowest BCUT2D eigenvalue weighted by Gasteiger charge is -2.58. The molecule has 0 amide bonds. The van der Waals surface area contributed by atoms with E-state index < -0.39 is 23.5 Å². The Balaban J connectivity index is 2.45. The summed E-state index contributed by atoms with van der Waals surface area (Å²) >= 11 is 0. The molecule has 0 aromatic heterocycles. The highest BCUT2D eigenvalue weighted by atomic mass is 17.3. The first-order valence-corrected chi connectivity index (χ1v) is 23.0. The molecule has 0 aliphatic heterocycles. The van der Waals surface area contributed by atoms with Gasteiger partial charge in [-0.1, -0.05) is 145 Å². The first-order chi connectivity index (χ1) is 25.2. The van der Waals surface area contributed by atoms with E-state index in [0.717, 1.165) is 141 Å². The number of carbonyl (C=O) groups excluding carboxylic acids is 2. The Labute approximate surface area is 322 Å². The van der Waals surface area contributed by atoms with Gasteiger partial charge >= 0.3 is 12.3 Å². The molecule has 0 aromatic carbocycles. The molecular weight excluding hydrogens is 649 g/mol. The average Bonchev–Trinajstić information content (AvgIpc) is 3.15. The zero-order valence-electron chi connectivity index (χ0n) is 35.8. The second-order valence-corrected chi connectivity index (χ2v) is 17.3. The minimum absolute atomic E-state index is 0.0981. The van der Waals surface area contributed by atoms with Gasteiger partial charge in [0.05, 0.1) is 0 Å². The van der Waals surface area contributed by atoms with Gasteiger partial charge in [-0.2, -0.15) is 19.4 Å². The Kier molecular flexibility index (Phi) is 22.3. The highest BCUT2D eigenvalue weighted by Gasteiger charge is 2.60. The first kappa shape index (κ1) is 46.7. The summed E-state index contributed by atoms with van der Waals surface area (Å²) in [5.74, 6) is 1.03. The van der Waals surface area contributed by atoms with E-state index in [1.165, 1.54) is 51.4 Å². The van der Waals surface area contributed by atoms with E-state index in [1.807, 2.05) is 0 Å². The molecule has 306 valence electrons. The molecule has 52 heavy (non-hydrogen) atoms. The molecule has 6 nitrogen and oxygen atoms in total. The molecular formula is C46H86O6. The van der Waals surface area contributed by atoms with Crippen LogP contribution in [0.2, 0.25) is 0 Å². The molecule has 0 saturated heterocycles. The summed E-state index contributed by atoms with van der Waals surface area (Å²) in [4.78, 5) is 38.6. The number of carbonyl (C=O) groups is 2. The van der Waals surface area contributed by atoms with Crippen LogP contribution in [-0.4, -0.2) is 23.5 Å². The number of unbranched alkanes of at least 4 members (excludes halogenated alkanes) is 8. The number of ether oxygens (including phenoxy) is 2. The molecule has 0 aromatic rings. The molecule has 6 heteroatoms. The van der Waals surface area contributed by atoms with Crippen molar-refractivity contribution < 1.29 is 28.8 Å². The molecule has 0 radical (unpaired) electrons. The summed E-state index contributed by atoms with van der Waals surface area (Å²) < 4.78 is 13.3. The Morgan fingerprint density at radius 1 is 0.442 bits per heavy atom. The predicted octanol–water partition coefficient (Wildman–Crippen LogP) is 15.8. The lowest BCUT2D eigenvalue weighted by molar-refractivity contribution is -0.266. The number of hydrogen-bond acceptors (Lipinski definition) is 6. The largest absolute Gasteiger partial charge is 0.550 e. The molecule has 0 bridgehead atoms. The highest BCUT2D eigenvalue weighted by Crippen LogP contribution is 2.61. The molecule has 0 spiro atoms. The Hall–Kier alpha value is -1.46. The topological polar surface area (TPSA) is 71.1 Å². The van der Waals surface area contributed by atoms with Gasteiger partial charge < -0.3 is 9.47 Å². The molecule has 2 rings (SSSR count). The highest BCUT2D eigenvalue weighted by molar-refractivity contribution is 5.64. The Bertz CT molecular complexity index is 873. The summed E-state index contributed by atoms with van der Waals surface area (Å²) in [6.45, 7) is 18.1. The summed E-state index contributed by atoms with van der Waals surface area (Å²) in [6, 6.07) is 0. The van der Waals surface area contributed by atoms with Crippen molar-refractivity contribution in [3.63, 3.8) is 0 Å². The fourth-order valence-electron chi connectivity index (χ4n) is 11.3. The second-order valence-electron chi connectivity index (χ2n) is 17.3. The molecule has 2 fully saturated rings. The van der Waals surface area contributed by atoms with Crippen LogP contribution in [0, 0.1) is 22.7 Å². The fourth-order valence-corrected chi connectivity index (χ4v) is 11.3. The van der Waals surface area contributed by atoms with Crippen molar-refractivity contribution in [1.29, 1.82) is 0 Å². The van der Waals surface area contributed by atoms with Crippen LogP contribution in [0.5, 0.6) is 0 Å². The summed E-state index contributed by atoms with van der Waals surface area (Å²) in [7, 11) is 0. The third-order valence-corrected chi connectivity index (χ3v) is 14.0. The molecule has 2 aliphatic rings. The van der Waals surface area contributed by atoms with E-state index in [-0.39, 0.29) is 10.8 Å². The smallest absolute Gasteiger partial charge is 0.425 e. The van der Waals surface area contributed by atoms with Crippen LogP contribution in [0.1, 0.15) is 248 Å². The summed E-state index contributed by atoms with van der Waals surface area (Å²) in [5, 5.41) is 0. The van der Waals surface area contributed by atoms with Crippen LogP contribution in [-0.2, 0) is 19.2 Å². The maximum Gasteiger partial charge on any atom is 0.550 e. The number of hydrogen-bond donors (Lipinski definition) is 0. The second kappa shape index (κ2) is 24.8. The van der Waals surface area contributed by atoms with E-state index in [4.69, 9.17) is 19.2 Å². The lowest BCUT2D eigenvalue weighted by atomic mass is 9.51. The maximum atomic E-state index is 13.9. The summed E-state index contributed by atoms with van der Waals surface area (Å²) in [6.07, 6.45) is 30.5. The molecule has 4 atom stereocenters. The van der Waals surface area contributed by atoms with E-state index in [2.05, 4.69) is 55.4 Å². The van der Waals surface area contributed by atoms with Crippen LogP contribution in [0.25, 0.3) is 0 Å². The minimum atomic E-state index is -0.878. The zero-order chi connectivity index (χ0) is 38.4. The fraction of sp³-hybridized carbons (Fsp3) is 0.957. The monoisotopic (exact) mass is 735 g/mol. The third-order valence-electron chi connectivity index (χ3n) is 14.0. The van der Waals surface area contributed by atoms with E-state index >= 15 is 0 Å². The van der Waals surface area contributed by atoms with E-state index in [9.17, 15) is 9.59 Å². The van der Waals surface area contributed by atoms with E-state index in [0.29, 0.717) is 11.8 Å². The van der Waals surface area contributed by atoms with Crippen LogP contribution in [0.4, 0.5) is 9.59 Å². The molecule has 0 N–H and O–H groups in total. The average molecular weight is 735 g/mol. The SMILES string of the molecule is CCCCC1CCCC(CCCC)(OC(=O)OOC(=O)OC2(CCCC)CCCC(CCCC)C2(CCCC)CCCC)C1(CCCC)CCCC. The standard InChI is InChI=1S/C46H86O6/c1-9-17-27-39-29-25-37-45(35-23-15-7,43(39,31-19-11-3)32-20-12-4)49-41(47)51-52-42(48)50-46(36-24-16-8)38-26-30-40(28-18-10-2)44(46,33-21-13-5)34-22-14-6/h39-40H,9-38H2,1-8H3. The zero-order valence-corrected chi connectivity index (χ0v) is 35.8. The van der Waals surface area contributed by atoms with Crippen LogP contribution >= 0.6 is 0 Å².